The highest BCUT2D eigenvalue weighted by Crippen LogP contribution is 2.28. The molecule has 94 valence electrons. The van der Waals surface area contributed by atoms with E-state index in [1.54, 1.807) is 18.2 Å². The maximum Gasteiger partial charge on any atom is 0.238 e. The van der Waals surface area contributed by atoms with Gasteiger partial charge in [0.1, 0.15) is 0 Å². The lowest BCUT2D eigenvalue weighted by Gasteiger charge is -2.07. The van der Waals surface area contributed by atoms with Crippen molar-refractivity contribution in [3.63, 3.8) is 0 Å². The Hall–Kier alpha value is -0.630. The molecule has 3 nitrogen and oxygen atoms in total. The van der Waals surface area contributed by atoms with E-state index in [9.17, 15) is 8.42 Å². The Morgan fingerprint density at radius 2 is 1.83 bits per heavy atom. The summed E-state index contributed by atoms with van der Waals surface area (Å²) < 4.78 is 23.6. The molecule has 0 unspecified atom stereocenters. The largest absolute Gasteiger partial charge is 0.238 e. The molecule has 0 fully saturated rings. The highest BCUT2D eigenvalue weighted by molar-refractivity contribution is 14.1. The van der Waals surface area contributed by atoms with Crippen LogP contribution in [0.3, 0.4) is 0 Å². The van der Waals surface area contributed by atoms with Crippen molar-refractivity contribution < 1.29 is 8.42 Å². The van der Waals surface area contributed by atoms with Gasteiger partial charge in [0, 0.05) is 8.59 Å². The molecule has 0 amide bonds. The maximum absolute atomic E-state index is 11.3. The summed E-state index contributed by atoms with van der Waals surface area (Å²) in [5.41, 5.74) is 1.72. The molecule has 0 aliphatic rings. The Morgan fingerprint density at radius 3 is 2.44 bits per heavy atom. The van der Waals surface area contributed by atoms with Gasteiger partial charge in [0.25, 0.3) is 0 Å². The molecule has 0 spiro atoms. The van der Waals surface area contributed by atoms with E-state index >= 15 is 0 Å². The Balaban J connectivity index is 2.58. The van der Waals surface area contributed by atoms with Gasteiger partial charge in [0.15, 0.2) is 0 Å². The standard InChI is InChI=1S/C12H9ClINO2S/c13-9-4-5-11(12(14)7-9)8-2-1-3-10(6-8)18(15,16)17/h1-7H,(H2,15,16,17). The number of hydrogen-bond acceptors (Lipinski definition) is 2. The third-order valence-electron chi connectivity index (χ3n) is 2.40. The lowest BCUT2D eigenvalue weighted by molar-refractivity contribution is 0.598. The van der Waals surface area contributed by atoms with E-state index in [0.29, 0.717) is 5.02 Å². The number of rotatable bonds is 2. The summed E-state index contributed by atoms with van der Waals surface area (Å²) in [6.07, 6.45) is 0. The fraction of sp³-hybridized carbons (Fsp3) is 0. The van der Waals surface area contributed by atoms with E-state index in [0.717, 1.165) is 14.7 Å². The quantitative estimate of drug-likeness (QED) is 0.796. The van der Waals surface area contributed by atoms with Crippen LogP contribution >= 0.6 is 34.2 Å². The molecule has 0 aromatic heterocycles. The van der Waals surface area contributed by atoms with Crippen LogP contribution in [0.4, 0.5) is 0 Å². The smallest absolute Gasteiger partial charge is 0.225 e. The number of nitrogens with two attached hydrogens (primary N) is 1. The molecule has 18 heavy (non-hydrogen) atoms. The maximum atomic E-state index is 11.3. The first-order valence-electron chi connectivity index (χ1n) is 4.96. The highest BCUT2D eigenvalue weighted by Gasteiger charge is 2.10. The van der Waals surface area contributed by atoms with Gasteiger partial charge in [-0.25, -0.2) is 13.6 Å². The second-order valence-electron chi connectivity index (χ2n) is 3.70. The summed E-state index contributed by atoms with van der Waals surface area (Å²) in [6, 6.07) is 12.0. The summed E-state index contributed by atoms with van der Waals surface area (Å²) in [4.78, 5) is 0.103. The van der Waals surface area contributed by atoms with Crippen LogP contribution in [0, 0.1) is 3.57 Å². The van der Waals surface area contributed by atoms with E-state index in [1.807, 2.05) is 18.2 Å². The lowest BCUT2D eigenvalue weighted by Crippen LogP contribution is -2.11. The molecule has 0 aliphatic heterocycles. The van der Waals surface area contributed by atoms with Crippen molar-refractivity contribution in [1.82, 2.24) is 0 Å². The first kappa shape index (κ1) is 13.8. The Bertz CT molecular complexity index is 701. The van der Waals surface area contributed by atoms with Gasteiger partial charge in [-0.05, 0) is 58.0 Å². The van der Waals surface area contributed by atoms with E-state index in [-0.39, 0.29) is 4.90 Å². The number of primary sulfonamides is 1. The molecule has 0 atom stereocenters. The summed E-state index contributed by atoms with van der Waals surface area (Å²) in [5, 5.41) is 5.76. The molecule has 2 aromatic carbocycles. The van der Waals surface area contributed by atoms with Gasteiger partial charge in [-0.15, -0.1) is 0 Å². The van der Waals surface area contributed by atoms with Crippen molar-refractivity contribution in [3.8, 4) is 11.1 Å². The van der Waals surface area contributed by atoms with Gasteiger partial charge in [-0.2, -0.15) is 0 Å². The molecule has 2 N–H and O–H groups in total. The van der Waals surface area contributed by atoms with Crippen LogP contribution in [0.2, 0.25) is 5.02 Å². The molecule has 0 heterocycles. The van der Waals surface area contributed by atoms with E-state index in [1.165, 1.54) is 6.07 Å². The second kappa shape index (κ2) is 5.16. The van der Waals surface area contributed by atoms with Crippen LogP contribution in [0.15, 0.2) is 47.4 Å². The number of sulfonamides is 1. The van der Waals surface area contributed by atoms with Gasteiger partial charge in [0.2, 0.25) is 10.0 Å². The van der Waals surface area contributed by atoms with Crippen molar-refractivity contribution in [2.75, 3.05) is 0 Å². The third-order valence-corrected chi connectivity index (χ3v) is 4.44. The number of hydrogen-bond donors (Lipinski definition) is 1. The van der Waals surface area contributed by atoms with Crippen LogP contribution in [0.1, 0.15) is 0 Å². The van der Waals surface area contributed by atoms with Crippen LogP contribution in [-0.2, 0) is 10.0 Å². The Morgan fingerprint density at radius 1 is 1.11 bits per heavy atom. The van der Waals surface area contributed by atoms with Crippen molar-refractivity contribution in [2.24, 2.45) is 5.14 Å². The van der Waals surface area contributed by atoms with E-state index in [4.69, 9.17) is 16.7 Å². The molecule has 2 aromatic rings. The van der Waals surface area contributed by atoms with Gasteiger partial charge in [-0.3, -0.25) is 0 Å². The zero-order valence-electron chi connectivity index (χ0n) is 9.10. The predicted octanol–water partition coefficient (Wildman–Crippen LogP) is 3.26. The van der Waals surface area contributed by atoms with E-state index in [2.05, 4.69) is 22.6 Å². The van der Waals surface area contributed by atoms with Gasteiger partial charge in [-0.1, -0.05) is 29.8 Å². The number of benzene rings is 2. The molecular formula is C12H9ClINO2S. The van der Waals surface area contributed by atoms with Crippen LogP contribution in [-0.4, -0.2) is 8.42 Å². The Kier molecular flexibility index (Phi) is 3.96. The van der Waals surface area contributed by atoms with Crippen LogP contribution in [0.25, 0.3) is 11.1 Å². The first-order chi connectivity index (χ1) is 8.38. The lowest BCUT2D eigenvalue weighted by atomic mass is 10.1. The summed E-state index contributed by atoms with van der Waals surface area (Å²) in [6.45, 7) is 0. The zero-order chi connectivity index (χ0) is 13.3. The fourth-order valence-electron chi connectivity index (χ4n) is 1.56. The first-order valence-corrected chi connectivity index (χ1v) is 7.96. The fourth-order valence-corrected chi connectivity index (χ4v) is 3.31. The topological polar surface area (TPSA) is 60.2 Å². The number of halogens is 2. The normalized spacial score (nSPS) is 11.5. The summed E-state index contributed by atoms with van der Waals surface area (Å²) in [7, 11) is -3.68. The Labute approximate surface area is 124 Å². The summed E-state index contributed by atoms with van der Waals surface area (Å²) >= 11 is 8.04. The highest BCUT2D eigenvalue weighted by atomic mass is 127. The van der Waals surface area contributed by atoms with Gasteiger partial charge >= 0.3 is 0 Å². The van der Waals surface area contributed by atoms with Crippen LogP contribution < -0.4 is 5.14 Å². The van der Waals surface area contributed by atoms with Gasteiger partial charge < -0.3 is 0 Å². The zero-order valence-corrected chi connectivity index (χ0v) is 12.8. The molecule has 0 radical (unpaired) electrons. The second-order valence-corrected chi connectivity index (χ2v) is 6.86. The SMILES string of the molecule is NS(=O)(=O)c1cccc(-c2ccc(Cl)cc2I)c1. The minimum absolute atomic E-state index is 0.103. The van der Waals surface area contributed by atoms with Crippen molar-refractivity contribution in [3.05, 3.63) is 51.1 Å². The summed E-state index contributed by atoms with van der Waals surface area (Å²) in [5.74, 6) is 0. The van der Waals surface area contributed by atoms with Gasteiger partial charge in [0.05, 0.1) is 4.90 Å². The molecule has 0 saturated heterocycles. The average molecular weight is 394 g/mol. The molecule has 2 rings (SSSR count). The third kappa shape index (κ3) is 3.03. The molecule has 6 heteroatoms. The minimum atomic E-state index is -3.68. The molecule has 0 aliphatic carbocycles. The molecule has 0 saturated carbocycles. The molecule has 0 bridgehead atoms. The molecular weight excluding hydrogens is 385 g/mol. The van der Waals surface area contributed by atoms with Crippen molar-refractivity contribution >= 4 is 44.2 Å². The average Bonchev–Trinajstić information content (AvgIpc) is 2.28. The van der Waals surface area contributed by atoms with Crippen LogP contribution in [0.5, 0.6) is 0 Å². The van der Waals surface area contributed by atoms with Crippen molar-refractivity contribution in [1.29, 1.82) is 0 Å². The van der Waals surface area contributed by atoms with E-state index < -0.39 is 10.0 Å². The van der Waals surface area contributed by atoms with Crippen molar-refractivity contribution in [2.45, 2.75) is 4.90 Å². The minimum Gasteiger partial charge on any atom is -0.225 e. The monoisotopic (exact) mass is 393 g/mol. The predicted molar refractivity (Wildman–Crippen MR) is 81.0 cm³/mol.